The van der Waals surface area contributed by atoms with Crippen molar-refractivity contribution in [3.8, 4) is 0 Å². The predicted molar refractivity (Wildman–Crippen MR) is 51.9 cm³/mol. The first kappa shape index (κ1) is 7.39. The quantitative estimate of drug-likeness (QED) is 0.603. The molecule has 2 unspecified atom stereocenters. The number of ether oxygens (including phenoxy) is 1. The van der Waals surface area contributed by atoms with Crippen LogP contribution in [0.15, 0.2) is 30.3 Å². The Morgan fingerprint density at radius 3 is 2.77 bits per heavy atom. The van der Waals surface area contributed by atoms with Gasteiger partial charge >= 0.3 is 0 Å². The second kappa shape index (κ2) is 2.74. The van der Waals surface area contributed by atoms with Crippen molar-refractivity contribution in [3.05, 3.63) is 30.3 Å². The van der Waals surface area contributed by atoms with Gasteiger partial charge in [0.15, 0.2) is 0 Å². The van der Waals surface area contributed by atoms with Crippen LogP contribution in [0.5, 0.6) is 0 Å². The molecule has 2 aliphatic rings. The fourth-order valence-electron chi connectivity index (χ4n) is 2.06. The molecular formula is C11H13NO. The van der Waals surface area contributed by atoms with E-state index in [0.29, 0.717) is 12.2 Å². The number of benzene rings is 1. The Hall–Kier alpha value is -1.02. The molecule has 2 heterocycles. The lowest BCUT2D eigenvalue weighted by Gasteiger charge is -2.26. The van der Waals surface area contributed by atoms with E-state index in [2.05, 4.69) is 35.2 Å². The summed E-state index contributed by atoms with van der Waals surface area (Å²) in [5, 5.41) is 0. The van der Waals surface area contributed by atoms with Gasteiger partial charge in [0.05, 0.1) is 6.10 Å². The van der Waals surface area contributed by atoms with Gasteiger partial charge in [-0.05, 0) is 18.6 Å². The third-order valence-corrected chi connectivity index (χ3v) is 2.89. The van der Waals surface area contributed by atoms with Gasteiger partial charge in [0.1, 0.15) is 6.10 Å². The molecule has 68 valence electrons. The van der Waals surface area contributed by atoms with Crippen molar-refractivity contribution in [3.63, 3.8) is 0 Å². The van der Waals surface area contributed by atoms with Crippen molar-refractivity contribution < 1.29 is 4.74 Å². The summed E-state index contributed by atoms with van der Waals surface area (Å²) < 4.78 is 5.49. The van der Waals surface area contributed by atoms with Crippen LogP contribution >= 0.6 is 0 Å². The maximum Gasteiger partial charge on any atom is 0.102 e. The minimum absolute atomic E-state index is 0.522. The highest BCUT2D eigenvalue weighted by Gasteiger charge is 2.43. The SMILES string of the molecule is c1ccc(N2CCC3OC3C2)cc1. The highest BCUT2D eigenvalue weighted by molar-refractivity contribution is 5.47. The molecule has 0 saturated carbocycles. The minimum Gasteiger partial charge on any atom is -0.369 e. The molecule has 2 atom stereocenters. The molecule has 2 heteroatoms. The summed E-state index contributed by atoms with van der Waals surface area (Å²) in [5.41, 5.74) is 1.33. The van der Waals surface area contributed by atoms with Gasteiger partial charge in [-0.25, -0.2) is 0 Å². The highest BCUT2D eigenvalue weighted by atomic mass is 16.6. The largest absolute Gasteiger partial charge is 0.369 e. The van der Waals surface area contributed by atoms with E-state index < -0.39 is 0 Å². The molecule has 0 spiro atoms. The van der Waals surface area contributed by atoms with Crippen molar-refractivity contribution >= 4 is 5.69 Å². The molecule has 13 heavy (non-hydrogen) atoms. The van der Waals surface area contributed by atoms with E-state index in [-0.39, 0.29) is 0 Å². The van der Waals surface area contributed by atoms with Crippen molar-refractivity contribution in [2.24, 2.45) is 0 Å². The fourth-order valence-corrected chi connectivity index (χ4v) is 2.06. The normalized spacial score (nSPS) is 31.2. The lowest BCUT2D eigenvalue weighted by Crippen LogP contribution is -2.34. The number of hydrogen-bond acceptors (Lipinski definition) is 2. The standard InChI is InChI=1S/C11H13NO/c1-2-4-9(5-3-1)12-7-6-10-11(8-12)13-10/h1-5,10-11H,6-8H2. The van der Waals surface area contributed by atoms with E-state index in [1.165, 1.54) is 12.1 Å². The fraction of sp³-hybridized carbons (Fsp3) is 0.455. The van der Waals surface area contributed by atoms with E-state index in [1.54, 1.807) is 0 Å². The highest BCUT2D eigenvalue weighted by Crippen LogP contribution is 2.32. The molecular weight excluding hydrogens is 162 g/mol. The molecule has 2 fully saturated rings. The zero-order valence-electron chi connectivity index (χ0n) is 7.52. The third kappa shape index (κ3) is 1.31. The van der Waals surface area contributed by atoms with Crippen LogP contribution in [-0.2, 0) is 4.74 Å². The van der Waals surface area contributed by atoms with E-state index in [0.717, 1.165) is 13.1 Å². The Balaban J connectivity index is 1.78. The number of anilines is 1. The van der Waals surface area contributed by atoms with Gasteiger partial charge in [-0.3, -0.25) is 0 Å². The first-order valence-electron chi connectivity index (χ1n) is 4.89. The van der Waals surface area contributed by atoms with Crippen molar-refractivity contribution in [1.29, 1.82) is 0 Å². The van der Waals surface area contributed by atoms with Crippen LogP contribution in [-0.4, -0.2) is 25.3 Å². The maximum absolute atomic E-state index is 5.49. The average Bonchev–Trinajstić information content (AvgIpc) is 2.96. The number of para-hydroxylation sites is 1. The van der Waals surface area contributed by atoms with Crippen LogP contribution in [0.2, 0.25) is 0 Å². The maximum atomic E-state index is 5.49. The molecule has 1 aromatic rings. The number of fused-ring (bicyclic) bond motifs is 1. The summed E-state index contributed by atoms with van der Waals surface area (Å²) in [6.07, 6.45) is 2.30. The molecule has 0 N–H and O–H groups in total. The van der Waals surface area contributed by atoms with Crippen molar-refractivity contribution in [2.45, 2.75) is 18.6 Å². The molecule has 0 amide bonds. The van der Waals surface area contributed by atoms with Gasteiger partial charge in [0.2, 0.25) is 0 Å². The Bertz CT molecular complexity index is 298. The molecule has 2 nitrogen and oxygen atoms in total. The second-order valence-electron chi connectivity index (χ2n) is 3.78. The summed E-state index contributed by atoms with van der Waals surface area (Å²) in [6.45, 7) is 2.22. The Morgan fingerprint density at radius 1 is 1.15 bits per heavy atom. The number of piperidine rings is 1. The number of rotatable bonds is 1. The first-order valence-corrected chi connectivity index (χ1v) is 4.89. The Labute approximate surface area is 78.1 Å². The van der Waals surface area contributed by atoms with Gasteiger partial charge in [0.25, 0.3) is 0 Å². The Kier molecular flexibility index (Phi) is 1.56. The molecule has 3 rings (SSSR count). The summed E-state index contributed by atoms with van der Waals surface area (Å²) >= 11 is 0. The topological polar surface area (TPSA) is 15.8 Å². The lowest BCUT2D eigenvalue weighted by molar-refractivity contribution is 0.379. The Morgan fingerprint density at radius 2 is 2.00 bits per heavy atom. The van der Waals surface area contributed by atoms with Crippen LogP contribution in [0.25, 0.3) is 0 Å². The molecule has 1 aromatic carbocycles. The summed E-state index contributed by atoms with van der Waals surface area (Å²) in [7, 11) is 0. The van der Waals surface area contributed by atoms with E-state index in [1.807, 2.05) is 0 Å². The average molecular weight is 175 g/mol. The van der Waals surface area contributed by atoms with Gasteiger partial charge in [-0.1, -0.05) is 18.2 Å². The zero-order valence-corrected chi connectivity index (χ0v) is 7.52. The van der Waals surface area contributed by atoms with Crippen LogP contribution in [0.1, 0.15) is 6.42 Å². The van der Waals surface area contributed by atoms with Crippen molar-refractivity contribution in [1.82, 2.24) is 0 Å². The van der Waals surface area contributed by atoms with Crippen molar-refractivity contribution in [2.75, 3.05) is 18.0 Å². The molecule has 2 saturated heterocycles. The monoisotopic (exact) mass is 175 g/mol. The van der Waals surface area contributed by atoms with Gasteiger partial charge in [-0.2, -0.15) is 0 Å². The molecule has 2 aliphatic heterocycles. The molecule has 0 bridgehead atoms. The van der Waals surface area contributed by atoms with Crippen LogP contribution in [0, 0.1) is 0 Å². The zero-order chi connectivity index (χ0) is 8.67. The van der Waals surface area contributed by atoms with Crippen LogP contribution in [0.4, 0.5) is 5.69 Å². The van der Waals surface area contributed by atoms with E-state index in [9.17, 15) is 0 Å². The van der Waals surface area contributed by atoms with Gasteiger partial charge in [0, 0.05) is 18.8 Å². The summed E-state index contributed by atoms with van der Waals surface area (Å²) in [4.78, 5) is 2.41. The lowest BCUT2D eigenvalue weighted by atomic mass is 10.1. The van der Waals surface area contributed by atoms with Crippen LogP contribution in [0.3, 0.4) is 0 Å². The number of nitrogens with zero attached hydrogens (tertiary/aromatic N) is 1. The number of hydrogen-bond donors (Lipinski definition) is 0. The first-order chi connectivity index (χ1) is 6.43. The van der Waals surface area contributed by atoms with Gasteiger partial charge < -0.3 is 9.64 Å². The molecule has 0 aliphatic carbocycles. The smallest absolute Gasteiger partial charge is 0.102 e. The van der Waals surface area contributed by atoms with E-state index in [4.69, 9.17) is 4.74 Å². The minimum atomic E-state index is 0.522. The predicted octanol–water partition coefficient (Wildman–Crippen LogP) is 1.66. The van der Waals surface area contributed by atoms with Gasteiger partial charge in [-0.15, -0.1) is 0 Å². The second-order valence-corrected chi connectivity index (χ2v) is 3.78. The van der Waals surface area contributed by atoms with Crippen LogP contribution < -0.4 is 4.90 Å². The third-order valence-electron chi connectivity index (χ3n) is 2.89. The number of epoxide rings is 1. The summed E-state index contributed by atoms with van der Waals surface area (Å²) in [5.74, 6) is 0. The molecule has 0 aromatic heterocycles. The molecule has 0 radical (unpaired) electrons. The van der Waals surface area contributed by atoms with E-state index >= 15 is 0 Å². The summed E-state index contributed by atoms with van der Waals surface area (Å²) in [6, 6.07) is 10.6.